The number of piperazine rings is 1. The van der Waals surface area contributed by atoms with E-state index in [9.17, 15) is 14.7 Å². The molecular weight excluding hydrogens is 384 g/mol. The molecule has 0 unspecified atom stereocenters. The molecule has 1 saturated heterocycles. The zero-order chi connectivity index (χ0) is 21.5. The fraction of sp³-hybridized carbons (Fsp3) is 0.500. The number of benzene rings is 1. The summed E-state index contributed by atoms with van der Waals surface area (Å²) < 4.78 is 5.23. The normalized spacial score (nSPS) is 16.3. The topological polar surface area (TPSA) is 98.9 Å². The van der Waals surface area contributed by atoms with Crippen molar-refractivity contribution in [1.82, 2.24) is 20.3 Å². The molecular formula is C22H30N4O4. The van der Waals surface area contributed by atoms with Crippen LogP contribution in [-0.2, 0) is 22.7 Å². The summed E-state index contributed by atoms with van der Waals surface area (Å²) in [5, 5.41) is 16.4. The van der Waals surface area contributed by atoms with E-state index in [1.165, 1.54) is 0 Å². The van der Waals surface area contributed by atoms with E-state index in [2.05, 4.69) is 20.3 Å². The van der Waals surface area contributed by atoms with Gasteiger partial charge in [0.25, 0.3) is 0 Å². The lowest BCUT2D eigenvalue weighted by Gasteiger charge is -2.35. The van der Waals surface area contributed by atoms with E-state index < -0.39 is 11.9 Å². The van der Waals surface area contributed by atoms with Crippen molar-refractivity contribution in [2.75, 3.05) is 32.7 Å². The molecule has 0 spiro atoms. The van der Waals surface area contributed by atoms with Gasteiger partial charge in [-0.3, -0.25) is 19.4 Å². The number of aromatic nitrogens is 1. The predicted molar refractivity (Wildman–Crippen MR) is 112 cm³/mol. The van der Waals surface area contributed by atoms with Gasteiger partial charge in [-0.25, -0.2) is 0 Å². The summed E-state index contributed by atoms with van der Waals surface area (Å²) in [7, 11) is 0. The van der Waals surface area contributed by atoms with E-state index in [-0.39, 0.29) is 12.3 Å². The number of carbonyl (C=O) groups is 2. The quantitative estimate of drug-likeness (QED) is 0.646. The van der Waals surface area contributed by atoms with E-state index in [1.54, 1.807) is 0 Å². The average Bonchev–Trinajstić information content (AvgIpc) is 3.06. The summed E-state index contributed by atoms with van der Waals surface area (Å²) in [6, 6.07) is 9.59. The van der Waals surface area contributed by atoms with E-state index in [0.717, 1.165) is 55.3 Å². The van der Waals surface area contributed by atoms with Crippen LogP contribution in [0.5, 0.6) is 0 Å². The molecule has 1 fully saturated rings. The van der Waals surface area contributed by atoms with Gasteiger partial charge in [-0.1, -0.05) is 35.5 Å². The molecule has 2 N–H and O–H groups in total. The van der Waals surface area contributed by atoms with Crippen LogP contribution in [0.15, 0.2) is 34.9 Å². The first kappa shape index (κ1) is 22.0. The van der Waals surface area contributed by atoms with Gasteiger partial charge in [0, 0.05) is 57.8 Å². The Morgan fingerprint density at radius 3 is 2.40 bits per heavy atom. The number of carboxylic acid groups (broad SMARTS) is 1. The number of carboxylic acids is 1. The van der Waals surface area contributed by atoms with Crippen LogP contribution >= 0.6 is 0 Å². The van der Waals surface area contributed by atoms with Gasteiger partial charge < -0.3 is 14.9 Å². The van der Waals surface area contributed by atoms with Crippen molar-refractivity contribution in [3.8, 4) is 0 Å². The number of aryl methyl sites for hydroxylation is 2. The molecule has 0 radical (unpaired) electrons. The summed E-state index contributed by atoms with van der Waals surface area (Å²) >= 11 is 0. The predicted octanol–water partition coefficient (Wildman–Crippen LogP) is 1.82. The van der Waals surface area contributed by atoms with Gasteiger partial charge in [-0.2, -0.15) is 0 Å². The van der Waals surface area contributed by atoms with Gasteiger partial charge in [0.05, 0.1) is 11.6 Å². The highest BCUT2D eigenvalue weighted by Crippen LogP contribution is 2.17. The molecule has 1 amide bonds. The van der Waals surface area contributed by atoms with Crippen molar-refractivity contribution in [3.63, 3.8) is 0 Å². The van der Waals surface area contributed by atoms with E-state index in [1.807, 2.05) is 44.2 Å². The van der Waals surface area contributed by atoms with E-state index in [4.69, 9.17) is 4.52 Å². The highest BCUT2D eigenvalue weighted by Gasteiger charge is 2.27. The molecule has 1 aliphatic rings. The zero-order valence-corrected chi connectivity index (χ0v) is 17.6. The smallest absolute Gasteiger partial charge is 0.308 e. The number of amides is 1. The molecule has 1 aliphatic heterocycles. The Morgan fingerprint density at radius 2 is 1.80 bits per heavy atom. The van der Waals surface area contributed by atoms with Gasteiger partial charge in [-0.05, 0) is 19.4 Å². The van der Waals surface area contributed by atoms with Crippen molar-refractivity contribution in [1.29, 1.82) is 0 Å². The van der Waals surface area contributed by atoms with Gasteiger partial charge in [0.2, 0.25) is 5.91 Å². The minimum atomic E-state index is -0.928. The number of nitrogens with one attached hydrogen (secondary N) is 1. The Morgan fingerprint density at radius 1 is 1.13 bits per heavy atom. The number of nitrogens with zero attached hydrogens (tertiary/aromatic N) is 3. The lowest BCUT2D eigenvalue weighted by atomic mass is 10.0. The van der Waals surface area contributed by atoms with Crippen LogP contribution in [0.25, 0.3) is 0 Å². The van der Waals surface area contributed by atoms with Crippen LogP contribution in [0, 0.1) is 19.8 Å². The molecule has 8 heteroatoms. The minimum absolute atomic E-state index is 0.0124. The maximum absolute atomic E-state index is 12.3. The summed E-state index contributed by atoms with van der Waals surface area (Å²) in [4.78, 5) is 28.4. The van der Waals surface area contributed by atoms with Crippen LogP contribution in [-0.4, -0.2) is 64.7 Å². The standard InChI is InChI=1S/C22H30N4O4/c1-16-20(17(2)30-24-16)15-26-10-8-25(9-11-26)14-19(22(28)29)12-21(27)23-13-18-6-4-3-5-7-18/h3-7,19H,8-15H2,1-2H3,(H,23,27)(H,28,29)/t19-/m1/s1. The lowest BCUT2D eigenvalue weighted by molar-refractivity contribution is -0.145. The Labute approximate surface area is 176 Å². The molecule has 30 heavy (non-hydrogen) atoms. The van der Waals surface area contributed by atoms with Crippen LogP contribution in [0.1, 0.15) is 29.0 Å². The summed E-state index contributed by atoms with van der Waals surface area (Å²) in [6.45, 7) is 8.69. The highest BCUT2D eigenvalue weighted by molar-refractivity contribution is 5.82. The van der Waals surface area contributed by atoms with Crippen LogP contribution < -0.4 is 5.32 Å². The third-order valence-electron chi connectivity index (χ3n) is 5.62. The summed E-state index contributed by atoms with van der Waals surface area (Å²) in [5.41, 5.74) is 3.04. The second kappa shape index (κ2) is 10.4. The summed E-state index contributed by atoms with van der Waals surface area (Å²) in [6.07, 6.45) is -0.0124. The molecule has 2 aromatic rings. The third kappa shape index (κ3) is 6.14. The first-order valence-electron chi connectivity index (χ1n) is 10.3. The molecule has 8 nitrogen and oxygen atoms in total. The fourth-order valence-corrected chi connectivity index (χ4v) is 3.72. The van der Waals surface area contributed by atoms with Crippen molar-refractivity contribution in [2.24, 2.45) is 5.92 Å². The van der Waals surface area contributed by atoms with Crippen LogP contribution in [0.2, 0.25) is 0 Å². The largest absolute Gasteiger partial charge is 0.481 e. The van der Waals surface area contributed by atoms with E-state index >= 15 is 0 Å². The van der Waals surface area contributed by atoms with Gasteiger partial charge in [0.15, 0.2) is 0 Å². The lowest BCUT2D eigenvalue weighted by Crippen LogP contribution is -2.48. The van der Waals surface area contributed by atoms with Gasteiger partial charge in [-0.15, -0.1) is 0 Å². The molecule has 1 aromatic heterocycles. The fourth-order valence-electron chi connectivity index (χ4n) is 3.72. The number of aliphatic carboxylic acids is 1. The Balaban J connectivity index is 1.44. The molecule has 1 aromatic carbocycles. The van der Waals surface area contributed by atoms with Gasteiger partial charge >= 0.3 is 5.97 Å². The van der Waals surface area contributed by atoms with Gasteiger partial charge in [0.1, 0.15) is 5.76 Å². The third-order valence-corrected chi connectivity index (χ3v) is 5.62. The number of hydrogen-bond donors (Lipinski definition) is 2. The first-order valence-corrected chi connectivity index (χ1v) is 10.3. The molecule has 0 bridgehead atoms. The zero-order valence-electron chi connectivity index (χ0n) is 17.6. The maximum Gasteiger partial charge on any atom is 0.308 e. The highest BCUT2D eigenvalue weighted by atomic mass is 16.5. The van der Waals surface area contributed by atoms with Crippen LogP contribution in [0.3, 0.4) is 0 Å². The number of hydrogen-bond acceptors (Lipinski definition) is 6. The SMILES string of the molecule is Cc1noc(C)c1CN1CCN(C[C@@H](CC(=O)NCc2ccccc2)C(=O)O)CC1. The molecule has 2 heterocycles. The van der Waals surface area contributed by atoms with Crippen LogP contribution in [0.4, 0.5) is 0 Å². The first-order chi connectivity index (χ1) is 14.4. The number of carbonyl (C=O) groups excluding carboxylic acids is 1. The second-order valence-electron chi connectivity index (χ2n) is 7.88. The van der Waals surface area contributed by atoms with E-state index in [0.29, 0.717) is 13.1 Å². The van der Waals surface area contributed by atoms with Crippen molar-refractivity contribution in [2.45, 2.75) is 33.4 Å². The Kier molecular flexibility index (Phi) is 7.59. The van der Waals surface area contributed by atoms with Crippen molar-refractivity contribution < 1.29 is 19.2 Å². The average molecular weight is 415 g/mol. The molecule has 1 atom stereocenters. The van der Waals surface area contributed by atoms with Crippen molar-refractivity contribution >= 4 is 11.9 Å². The molecule has 162 valence electrons. The maximum atomic E-state index is 12.3. The number of rotatable bonds is 9. The second-order valence-corrected chi connectivity index (χ2v) is 7.88. The van der Waals surface area contributed by atoms with Crippen molar-refractivity contribution in [3.05, 3.63) is 52.9 Å². The molecule has 0 saturated carbocycles. The molecule has 0 aliphatic carbocycles. The Hall–Kier alpha value is -2.71. The summed E-state index contributed by atoms with van der Waals surface area (Å²) in [5.74, 6) is -1.02. The molecule has 3 rings (SSSR count). The monoisotopic (exact) mass is 414 g/mol. The Bertz CT molecular complexity index is 825. The minimum Gasteiger partial charge on any atom is -0.481 e.